The van der Waals surface area contributed by atoms with E-state index in [2.05, 4.69) is 19.9 Å². The average Bonchev–Trinajstić information content (AvgIpc) is 3.23. The standard InChI is InChI=1S/C16H22N6O4/c1-16(2)25-11-9(5-23)24-15(12(11)26-16)22-8-19-10-13(20-7-21(3)4)17-6-18-14(10)22/h6-9,11-12,15,23H,5H2,1-4H3/b20-7-/t9-,11+,12+,15-/m1/s1. The smallest absolute Gasteiger partial charge is 0.184 e. The van der Waals surface area contributed by atoms with Gasteiger partial charge < -0.3 is 24.2 Å². The van der Waals surface area contributed by atoms with Gasteiger partial charge in [-0.1, -0.05) is 0 Å². The summed E-state index contributed by atoms with van der Waals surface area (Å²) < 4.78 is 19.7. The molecule has 10 nitrogen and oxygen atoms in total. The molecule has 0 spiro atoms. The summed E-state index contributed by atoms with van der Waals surface area (Å²) in [7, 11) is 3.75. The van der Waals surface area contributed by atoms with Crippen molar-refractivity contribution in [1.29, 1.82) is 0 Å². The molecule has 10 heteroatoms. The topological polar surface area (TPSA) is 107 Å². The van der Waals surface area contributed by atoms with Gasteiger partial charge in [0.15, 0.2) is 29.0 Å². The van der Waals surface area contributed by atoms with E-state index in [-0.39, 0.29) is 18.8 Å². The highest BCUT2D eigenvalue weighted by Crippen LogP contribution is 2.43. The molecule has 4 rings (SSSR count). The number of hydrogen-bond acceptors (Lipinski definition) is 8. The van der Waals surface area contributed by atoms with Gasteiger partial charge in [-0.3, -0.25) is 4.57 Å². The minimum absolute atomic E-state index is 0.156. The molecule has 2 aliphatic rings. The lowest BCUT2D eigenvalue weighted by molar-refractivity contribution is -0.199. The highest BCUT2D eigenvalue weighted by molar-refractivity contribution is 5.82. The normalized spacial score (nSPS) is 30.3. The van der Waals surface area contributed by atoms with Crippen molar-refractivity contribution in [2.45, 2.75) is 44.2 Å². The number of imidazole rings is 1. The van der Waals surface area contributed by atoms with Crippen LogP contribution >= 0.6 is 0 Å². The summed E-state index contributed by atoms with van der Waals surface area (Å²) >= 11 is 0. The number of fused-ring (bicyclic) bond motifs is 2. The molecule has 2 aromatic rings. The molecule has 0 unspecified atom stereocenters. The van der Waals surface area contributed by atoms with E-state index in [9.17, 15) is 5.11 Å². The number of rotatable bonds is 4. The second kappa shape index (κ2) is 6.23. The fraction of sp³-hybridized carbons (Fsp3) is 0.625. The molecule has 4 atom stereocenters. The molecule has 2 aromatic heterocycles. The minimum atomic E-state index is -0.739. The molecule has 0 aromatic carbocycles. The van der Waals surface area contributed by atoms with Crippen molar-refractivity contribution in [3.05, 3.63) is 12.7 Å². The number of hydrogen-bond donors (Lipinski definition) is 1. The van der Waals surface area contributed by atoms with Gasteiger partial charge in [-0.15, -0.1) is 0 Å². The highest BCUT2D eigenvalue weighted by atomic mass is 16.8. The van der Waals surface area contributed by atoms with E-state index in [1.807, 2.05) is 32.8 Å². The number of aliphatic imine (C=N–C) groups is 1. The molecule has 2 fully saturated rings. The first-order valence-corrected chi connectivity index (χ1v) is 8.40. The van der Waals surface area contributed by atoms with Gasteiger partial charge in [0.2, 0.25) is 0 Å². The molecule has 2 aliphatic heterocycles. The molecule has 0 saturated carbocycles. The van der Waals surface area contributed by atoms with E-state index in [1.165, 1.54) is 6.33 Å². The van der Waals surface area contributed by atoms with Crippen molar-refractivity contribution in [3.63, 3.8) is 0 Å². The Morgan fingerprint density at radius 2 is 2.04 bits per heavy atom. The first-order chi connectivity index (χ1) is 12.4. The van der Waals surface area contributed by atoms with Crippen LogP contribution in [0.15, 0.2) is 17.6 Å². The second-order valence-electron chi connectivity index (χ2n) is 7.04. The number of aliphatic hydroxyl groups is 1. The Bertz CT molecular complexity index is 835. The third kappa shape index (κ3) is 2.84. The van der Waals surface area contributed by atoms with Crippen molar-refractivity contribution in [1.82, 2.24) is 24.4 Å². The van der Waals surface area contributed by atoms with Crippen LogP contribution in [0.2, 0.25) is 0 Å². The molecule has 26 heavy (non-hydrogen) atoms. The first-order valence-electron chi connectivity index (χ1n) is 8.40. The average molecular weight is 362 g/mol. The monoisotopic (exact) mass is 362 g/mol. The number of aromatic nitrogens is 4. The molecule has 0 bridgehead atoms. The molecular formula is C16H22N6O4. The van der Waals surface area contributed by atoms with Crippen molar-refractivity contribution in [3.8, 4) is 0 Å². The Kier molecular flexibility index (Phi) is 4.14. The fourth-order valence-corrected chi connectivity index (χ4v) is 3.32. The fourth-order valence-electron chi connectivity index (χ4n) is 3.32. The number of nitrogens with zero attached hydrogens (tertiary/aromatic N) is 6. The largest absolute Gasteiger partial charge is 0.394 e. The van der Waals surface area contributed by atoms with Crippen LogP contribution < -0.4 is 0 Å². The van der Waals surface area contributed by atoms with Gasteiger partial charge in [-0.25, -0.2) is 19.9 Å². The van der Waals surface area contributed by atoms with E-state index in [1.54, 1.807) is 17.2 Å². The third-order valence-electron chi connectivity index (χ3n) is 4.33. The van der Waals surface area contributed by atoms with Crippen LogP contribution in [-0.2, 0) is 14.2 Å². The van der Waals surface area contributed by atoms with Crippen LogP contribution in [-0.4, -0.2) is 80.7 Å². The van der Waals surface area contributed by atoms with Crippen molar-refractivity contribution >= 4 is 23.3 Å². The molecule has 140 valence electrons. The molecular weight excluding hydrogens is 340 g/mol. The first kappa shape index (κ1) is 17.3. The Morgan fingerprint density at radius 1 is 1.27 bits per heavy atom. The minimum Gasteiger partial charge on any atom is -0.394 e. The molecule has 4 heterocycles. The summed E-state index contributed by atoms with van der Waals surface area (Å²) in [6, 6.07) is 0. The Labute approximate surface area is 150 Å². The van der Waals surface area contributed by atoms with Crippen LogP contribution in [0.1, 0.15) is 20.1 Å². The summed E-state index contributed by atoms with van der Waals surface area (Å²) in [5.41, 5.74) is 1.15. The van der Waals surface area contributed by atoms with Crippen molar-refractivity contribution in [2.24, 2.45) is 4.99 Å². The molecule has 0 aliphatic carbocycles. The summed E-state index contributed by atoms with van der Waals surface area (Å²) in [4.78, 5) is 19.1. The lowest BCUT2D eigenvalue weighted by Crippen LogP contribution is -2.31. The highest BCUT2D eigenvalue weighted by Gasteiger charge is 2.55. The van der Waals surface area contributed by atoms with Gasteiger partial charge in [0.25, 0.3) is 0 Å². The summed E-state index contributed by atoms with van der Waals surface area (Å²) in [5.74, 6) is -0.267. The van der Waals surface area contributed by atoms with E-state index < -0.39 is 18.1 Å². The zero-order chi connectivity index (χ0) is 18.5. The van der Waals surface area contributed by atoms with Crippen LogP contribution in [0.5, 0.6) is 0 Å². The Hall–Kier alpha value is -2.14. The zero-order valence-electron chi connectivity index (χ0n) is 15.1. The summed E-state index contributed by atoms with van der Waals surface area (Å²) in [6.07, 6.45) is 3.01. The van der Waals surface area contributed by atoms with Gasteiger partial charge in [-0.05, 0) is 13.8 Å². The van der Waals surface area contributed by atoms with E-state index in [0.717, 1.165) is 0 Å². The number of aliphatic hydroxyl groups excluding tert-OH is 1. The lowest BCUT2D eigenvalue weighted by atomic mass is 10.1. The van der Waals surface area contributed by atoms with Crippen LogP contribution in [0, 0.1) is 0 Å². The van der Waals surface area contributed by atoms with Gasteiger partial charge in [0.1, 0.15) is 24.6 Å². The van der Waals surface area contributed by atoms with E-state index in [0.29, 0.717) is 17.0 Å². The molecule has 0 radical (unpaired) electrons. The zero-order valence-corrected chi connectivity index (χ0v) is 15.1. The maximum atomic E-state index is 9.64. The van der Waals surface area contributed by atoms with Gasteiger partial charge >= 0.3 is 0 Å². The van der Waals surface area contributed by atoms with Crippen molar-refractivity contribution in [2.75, 3.05) is 20.7 Å². The Morgan fingerprint density at radius 3 is 2.77 bits per heavy atom. The molecule has 1 N–H and O–H groups in total. The van der Waals surface area contributed by atoms with E-state index in [4.69, 9.17) is 14.2 Å². The predicted molar refractivity (Wildman–Crippen MR) is 92.0 cm³/mol. The van der Waals surface area contributed by atoms with Crippen molar-refractivity contribution < 1.29 is 19.3 Å². The maximum Gasteiger partial charge on any atom is 0.184 e. The van der Waals surface area contributed by atoms with Gasteiger partial charge in [0.05, 0.1) is 19.3 Å². The maximum absolute atomic E-state index is 9.64. The Balaban J connectivity index is 1.72. The molecule has 2 saturated heterocycles. The predicted octanol–water partition coefficient (Wildman–Crippen LogP) is 0.457. The third-order valence-corrected chi connectivity index (χ3v) is 4.33. The second-order valence-corrected chi connectivity index (χ2v) is 7.04. The number of ether oxygens (including phenoxy) is 3. The van der Waals surface area contributed by atoms with Gasteiger partial charge in [0, 0.05) is 14.1 Å². The van der Waals surface area contributed by atoms with Crippen LogP contribution in [0.3, 0.4) is 0 Å². The SMILES string of the molecule is CN(C)/C=N\c1ncnc2c1ncn2[C@@H]1O[C@H](CO)[C@@H]2OC(C)(C)O[C@@H]21. The lowest BCUT2D eigenvalue weighted by Gasteiger charge is -2.24. The van der Waals surface area contributed by atoms with Crippen LogP contribution in [0.25, 0.3) is 11.2 Å². The summed E-state index contributed by atoms with van der Waals surface area (Å²) in [5, 5.41) is 9.64. The quantitative estimate of drug-likeness (QED) is 0.617. The van der Waals surface area contributed by atoms with Gasteiger partial charge in [-0.2, -0.15) is 0 Å². The summed E-state index contributed by atoms with van der Waals surface area (Å²) in [6.45, 7) is 3.54. The molecule has 0 amide bonds. The van der Waals surface area contributed by atoms with Crippen LogP contribution in [0.4, 0.5) is 5.82 Å². The van der Waals surface area contributed by atoms with E-state index >= 15 is 0 Å².